The number of ether oxygens (including phenoxy) is 1. The summed E-state index contributed by atoms with van der Waals surface area (Å²) in [5.74, 6) is 0. The average Bonchev–Trinajstić information content (AvgIpc) is 2.23. The van der Waals surface area contributed by atoms with Gasteiger partial charge in [0.25, 0.3) is 0 Å². The predicted molar refractivity (Wildman–Crippen MR) is 68.8 cm³/mol. The van der Waals surface area contributed by atoms with Crippen LogP contribution in [0, 0.1) is 0 Å². The summed E-state index contributed by atoms with van der Waals surface area (Å²) in [6.45, 7) is 1.73. The van der Waals surface area contributed by atoms with Crippen LogP contribution in [0.4, 0.5) is 5.69 Å². The van der Waals surface area contributed by atoms with E-state index in [2.05, 4.69) is 21.2 Å². The summed E-state index contributed by atoms with van der Waals surface area (Å²) < 4.78 is 6.01. The normalized spacial score (nSPS) is 10.3. The van der Waals surface area contributed by atoms with Crippen LogP contribution < -0.4 is 5.32 Å². The quantitative estimate of drug-likeness (QED) is 0.802. The number of rotatable bonds is 6. The first-order valence-electron chi connectivity index (χ1n) is 4.92. The summed E-state index contributed by atoms with van der Waals surface area (Å²) in [4.78, 5) is 0. The smallest absolute Gasteiger partial charge is 0.0638 e. The zero-order valence-corrected chi connectivity index (χ0v) is 11.1. The van der Waals surface area contributed by atoms with Crippen LogP contribution in [-0.2, 0) is 4.74 Å². The molecule has 0 radical (unpaired) electrons. The van der Waals surface area contributed by atoms with Gasteiger partial charge in [0.1, 0.15) is 0 Å². The van der Waals surface area contributed by atoms with Crippen molar-refractivity contribution in [3.8, 4) is 0 Å². The van der Waals surface area contributed by atoms with Gasteiger partial charge in [-0.1, -0.05) is 27.5 Å². The summed E-state index contributed by atoms with van der Waals surface area (Å²) in [5, 5.41) is 4.05. The second-order valence-corrected chi connectivity index (χ2v) is 4.57. The Morgan fingerprint density at radius 1 is 1.40 bits per heavy atom. The summed E-state index contributed by atoms with van der Waals surface area (Å²) >= 11 is 9.44. The lowest BCUT2D eigenvalue weighted by Crippen LogP contribution is -2.03. The second-order valence-electron chi connectivity index (χ2n) is 3.25. The topological polar surface area (TPSA) is 21.3 Å². The monoisotopic (exact) mass is 291 g/mol. The third-order valence-corrected chi connectivity index (χ3v) is 2.84. The standard InChI is InChI=1S/C11H15BrClNO/c1-15-7-3-2-6-14-11-8-9(12)4-5-10(11)13/h4-5,8,14H,2-3,6-7H2,1H3. The maximum Gasteiger partial charge on any atom is 0.0638 e. The van der Waals surface area contributed by atoms with Gasteiger partial charge in [-0.2, -0.15) is 0 Å². The highest BCUT2D eigenvalue weighted by molar-refractivity contribution is 9.10. The first-order valence-corrected chi connectivity index (χ1v) is 6.09. The van der Waals surface area contributed by atoms with Crippen molar-refractivity contribution in [1.82, 2.24) is 0 Å². The molecule has 0 saturated heterocycles. The van der Waals surface area contributed by atoms with E-state index in [0.717, 1.165) is 41.2 Å². The van der Waals surface area contributed by atoms with E-state index in [0.29, 0.717) is 0 Å². The molecule has 0 spiro atoms. The minimum absolute atomic E-state index is 0.755. The molecule has 0 amide bonds. The maximum absolute atomic E-state index is 6.03. The fraction of sp³-hybridized carbons (Fsp3) is 0.455. The molecule has 1 N–H and O–H groups in total. The number of anilines is 1. The molecular weight excluding hydrogens is 277 g/mol. The van der Waals surface area contributed by atoms with Gasteiger partial charge >= 0.3 is 0 Å². The molecular formula is C11H15BrClNO. The maximum atomic E-state index is 6.03. The van der Waals surface area contributed by atoms with Gasteiger partial charge in [-0.15, -0.1) is 0 Å². The van der Waals surface area contributed by atoms with Crippen LogP contribution >= 0.6 is 27.5 Å². The van der Waals surface area contributed by atoms with E-state index < -0.39 is 0 Å². The van der Waals surface area contributed by atoms with Crippen molar-refractivity contribution < 1.29 is 4.74 Å². The molecule has 2 nitrogen and oxygen atoms in total. The molecule has 84 valence electrons. The number of halogens is 2. The van der Waals surface area contributed by atoms with Crippen molar-refractivity contribution in [3.05, 3.63) is 27.7 Å². The van der Waals surface area contributed by atoms with E-state index in [-0.39, 0.29) is 0 Å². The van der Waals surface area contributed by atoms with Crippen LogP contribution in [0.5, 0.6) is 0 Å². The molecule has 1 aromatic carbocycles. The number of hydrogen-bond donors (Lipinski definition) is 1. The minimum Gasteiger partial charge on any atom is -0.385 e. The fourth-order valence-corrected chi connectivity index (χ4v) is 1.77. The highest BCUT2D eigenvalue weighted by Crippen LogP contribution is 2.25. The molecule has 0 heterocycles. The van der Waals surface area contributed by atoms with E-state index in [4.69, 9.17) is 16.3 Å². The second kappa shape index (κ2) is 7.09. The van der Waals surface area contributed by atoms with Gasteiger partial charge in [0.15, 0.2) is 0 Å². The molecule has 1 aromatic rings. The molecule has 0 atom stereocenters. The third-order valence-electron chi connectivity index (χ3n) is 2.02. The summed E-state index contributed by atoms with van der Waals surface area (Å²) in [5.41, 5.74) is 0.975. The Hall–Kier alpha value is -0.250. The number of nitrogens with one attached hydrogen (secondary N) is 1. The summed E-state index contributed by atoms with van der Waals surface area (Å²) in [6.07, 6.45) is 2.14. The van der Waals surface area contributed by atoms with Gasteiger partial charge in [-0.05, 0) is 31.0 Å². The lowest BCUT2D eigenvalue weighted by Gasteiger charge is -2.08. The van der Waals surface area contributed by atoms with Crippen LogP contribution in [-0.4, -0.2) is 20.3 Å². The Balaban J connectivity index is 2.33. The van der Waals surface area contributed by atoms with Crippen LogP contribution in [0.3, 0.4) is 0 Å². The zero-order chi connectivity index (χ0) is 11.1. The lowest BCUT2D eigenvalue weighted by atomic mass is 10.3. The Labute approximate surface area is 104 Å². The van der Waals surface area contributed by atoms with Crippen molar-refractivity contribution in [3.63, 3.8) is 0 Å². The van der Waals surface area contributed by atoms with Gasteiger partial charge in [0.2, 0.25) is 0 Å². The molecule has 0 saturated carbocycles. The number of unbranched alkanes of at least 4 members (excludes halogenated alkanes) is 1. The van der Waals surface area contributed by atoms with Gasteiger partial charge in [-0.3, -0.25) is 0 Å². The molecule has 0 aliphatic rings. The van der Waals surface area contributed by atoms with E-state index in [1.807, 2.05) is 18.2 Å². The van der Waals surface area contributed by atoms with Crippen LogP contribution in [0.1, 0.15) is 12.8 Å². The van der Waals surface area contributed by atoms with Gasteiger partial charge in [-0.25, -0.2) is 0 Å². The van der Waals surface area contributed by atoms with Crippen molar-refractivity contribution in [2.24, 2.45) is 0 Å². The van der Waals surface area contributed by atoms with E-state index >= 15 is 0 Å². The molecule has 0 aliphatic carbocycles. The van der Waals surface area contributed by atoms with Crippen molar-refractivity contribution in [2.45, 2.75) is 12.8 Å². The molecule has 0 aliphatic heterocycles. The number of hydrogen-bond acceptors (Lipinski definition) is 2. The van der Waals surface area contributed by atoms with Gasteiger partial charge in [0.05, 0.1) is 10.7 Å². The predicted octanol–water partition coefficient (Wildman–Crippen LogP) is 3.94. The number of benzene rings is 1. The summed E-state index contributed by atoms with van der Waals surface area (Å²) in [6, 6.07) is 5.79. The zero-order valence-electron chi connectivity index (χ0n) is 8.72. The van der Waals surface area contributed by atoms with E-state index in [1.54, 1.807) is 7.11 Å². The van der Waals surface area contributed by atoms with Crippen molar-refractivity contribution in [1.29, 1.82) is 0 Å². The van der Waals surface area contributed by atoms with E-state index in [1.165, 1.54) is 0 Å². The Bertz CT molecular complexity index is 307. The average molecular weight is 293 g/mol. The Morgan fingerprint density at radius 2 is 2.20 bits per heavy atom. The fourth-order valence-electron chi connectivity index (χ4n) is 1.23. The van der Waals surface area contributed by atoms with E-state index in [9.17, 15) is 0 Å². The highest BCUT2D eigenvalue weighted by Gasteiger charge is 1.99. The van der Waals surface area contributed by atoms with Crippen molar-refractivity contribution in [2.75, 3.05) is 25.6 Å². The Morgan fingerprint density at radius 3 is 2.93 bits per heavy atom. The molecule has 0 fully saturated rings. The largest absolute Gasteiger partial charge is 0.385 e. The third kappa shape index (κ3) is 4.87. The van der Waals surface area contributed by atoms with Crippen LogP contribution in [0.2, 0.25) is 5.02 Å². The first-order chi connectivity index (χ1) is 7.24. The molecule has 4 heteroatoms. The van der Waals surface area contributed by atoms with Crippen LogP contribution in [0.25, 0.3) is 0 Å². The Kier molecular flexibility index (Phi) is 6.06. The lowest BCUT2D eigenvalue weighted by molar-refractivity contribution is 0.194. The highest BCUT2D eigenvalue weighted by atomic mass is 79.9. The summed E-state index contributed by atoms with van der Waals surface area (Å²) in [7, 11) is 1.72. The molecule has 15 heavy (non-hydrogen) atoms. The molecule has 0 unspecified atom stereocenters. The molecule has 0 bridgehead atoms. The van der Waals surface area contributed by atoms with Crippen LogP contribution in [0.15, 0.2) is 22.7 Å². The van der Waals surface area contributed by atoms with Gasteiger partial charge < -0.3 is 10.1 Å². The van der Waals surface area contributed by atoms with Crippen molar-refractivity contribution >= 4 is 33.2 Å². The molecule has 1 rings (SSSR count). The van der Waals surface area contributed by atoms with Gasteiger partial charge in [0, 0.05) is 24.7 Å². The minimum atomic E-state index is 0.755. The number of methoxy groups -OCH3 is 1. The first kappa shape index (κ1) is 12.8. The molecule has 0 aromatic heterocycles. The SMILES string of the molecule is COCCCCNc1cc(Br)ccc1Cl.